The van der Waals surface area contributed by atoms with Crippen LogP contribution in [0.15, 0.2) is 76.7 Å². The second-order valence-corrected chi connectivity index (χ2v) is 8.79. The molecule has 3 N–H and O–H groups in total. The van der Waals surface area contributed by atoms with E-state index in [0.717, 1.165) is 0 Å². The first-order valence-electron chi connectivity index (χ1n) is 9.01. The van der Waals surface area contributed by atoms with Crippen LogP contribution in [0.5, 0.6) is 0 Å². The zero-order chi connectivity index (χ0) is 22.2. The Morgan fingerprint density at radius 2 is 1.74 bits per heavy atom. The third-order valence-electron chi connectivity index (χ3n) is 4.56. The van der Waals surface area contributed by atoms with Crippen molar-refractivity contribution in [2.45, 2.75) is 10.3 Å². The summed E-state index contributed by atoms with van der Waals surface area (Å²) < 4.78 is 27.4. The molecular formula is C21H15ClN4O4S. The van der Waals surface area contributed by atoms with E-state index >= 15 is 0 Å². The number of fused-ring (bicyclic) bond motifs is 1. The Bertz CT molecular complexity index is 1320. The Kier molecular flexibility index (Phi) is 5.30. The number of rotatable bonds is 4. The van der Waals surface area contributed by atoms with E-state index in [1.54, 1.807) is 12.1 Å². The summed E-state index contributed by atoms with van der Waals surface area (Å²) in [5.74, 6) is -0.773. The summed E-state index contributed by atoms with van der Waals surface area (Å²) in [4.78, 5) is 33.5. The molecule has 1 heterocycles. The average molecular weight is 455 g/mol. The first-order chi connectivity index (χ1) is 14.8. The van der Waals surface area contributed by atoms with Gasteiger partial charge < -0.3 is 5.73 Å². The van der Waals surface area contributed by atoms with Crippen LogP contribution in [0.1, 0.15) is 20.7 Å². The van der Waals surface area contributed by atoms with Gasteiger partial charge >= 0.3 is 0 Å². The van der Waals surface area contributed by atoms with Crippen molar-refractivity contribution in [2.24, 2.45) is 4.99 Å². The van der Waals surface area contributed by atoms with E-state index in [1.807, 2.05) is 0 Å². The Balaban J connectivity index is 1.64. The van der Waals surface area contributed by atoms with Gasteiger partial charge in [0.1, 0.15) is 16.9 Å². The number of sulfonamides is 1. The minimum Gasteiger partial charge on any atom is -0.399 e. The summed E-state index contributed by atoms with van der Waals surface area (Å²) in [5, 5.41) is -1.25. The highest BCUT2D eigenvalue weighted by Gasteiger charge is 2.37. The summed E-state index contributed by atoms with van der Waals surface area (Å²) in [7, 11) is -3.86. The third-order valence-corrected chi connectivity index (χ3v) is 6.33. The van der Waals surface area contributed by atoms with Gasteiger partial charge in [-0.15, -0.1) is 11.6 Å². The number of hydrogen-bond acceptors (Lipinski definition) is 7. The highest BCUT2D eigenvalue weighted by atomic mass is 35.5. The van der Waals surface area contributed by atoms with Crippen molar-refractivity contribution < 1.29 is 18.0 Å². The quantitative estimate of drug-likeness (QED) is 0.459. The van der Waals surface area contributed by atoms with Gasteiger partial charge in [0.25, 0.3) is 10.0 Å². The largest absolute Gasteiger partial charge is 0.399 e. The highest BCUT2D eigenvalue weighted by molar-refractivity contribution is 7.92. The molecule has 0 aliphatic heterocycles. The van der Waals surface area contributed by atoms with E-state index < -0.39 is 27.0 Å². The van der Waals surface area contributed by atoms with E-state index in [-0.39, 0.29) is 33.2 Å². The molecule has 0 bridgehead atoms. The molecule has 0 amide bonds. The lowest BCUT2D eigenvalue weighted by Crippen LogP contribution is -2.38. The molecule has 0 fully saturated rings. The van der Waals surface area contributed by atoms with Gasteiger partial charge in [0.2, 0.25) is 5.78 Å². The van der Waals surface area contributed by atoms with Gasteiger partial charge in [-0.05, 0) is 54.6 Å². The molecule has 1 aromatic heterocycles. The van der Waals surface area contributed by atoms with Crippen LogP contribution >= 0.6 is 11.6 Å². The molecule has 1 aliphatic rings. The number of ketones is 2. The fraction of sp³-hybridized carbons (Fsp3) is 0.0476. The number of aromatic nitrogens is 1. The summed E-state index contributed by atoms with van der Waals surface area (Å²) in [6.45, 7) is 0. The van der Waals surface area contributed by atoms with E-state index in [1.165, 1.54) is 54.7 Å². The van der Waals surface area contributed by atoms with E-state index in [4.69, 9.17) is 17.3 Å². The number of halogens is 1. The van der Waals surface area contributed by atoms with Gasteiger partial charge in [0.05, 0.1) is 10.6 Å². The second kappa shape index (κ2) is 7.93. The highest BCUT2D eigenvalue weighted by Crippen LogP contribution is 2.28. The lowest BCUT2D eigenvalue weighted by atomic mass is 9.87. The van der Waals surface area contributed by atoms with Gasteiger partial charge in [0, 0.05) is 23.0 Å². The number of nitrogens with one attached hydrogen (secondary N) is 1. The molecule has 1 atom stereocenters. The van der Waals surface area contributed by atoms with Crippen LogP contribution < -0.4 is 10.5 Å². The average Bonchev–Trinajstić information content (AvgIpc) is 2.76. The van der Waals surface area contributed by atoms with E-state index in [2.05, 4.69) is 14.7 Å². The molecule has 31 heavy (non-hydrogen) atoms. The van der Waals surface area contributed by atoms with Gasteiger partial charge in [0.15, 0.2) is 5.78 Å². The zero-order valence-corrected chi connectivity index (χ0v) is 17.4. The van der Waals surface area contributed by atoms with Crippen LogP contribution in [0.4, 0.5) is 17.2 Å². The minimum absolute atomic E-state index is 0.0197. The molecule has 0 saturated heterocycles. The number of nitrogen functional groups attached to an aromatic ring is 1. The maximum atomic E-state index is 12.8. The molecule has 4 rings (SSSR count). The van der Waals surface area contributed by atoms with Crippen LogP contribution in [0.25, 0.3) is 0 Å². The maximum absolute atomic E-state index is 12.8. The molecule has 1 aliphatic carbocycles. The van der Waals surface area contributed by atoms with Crippen LogP contribution in [-0.2, 0) is 10.0 Å². The Morgan fingerprint density at radius 1 is 1.00 bits per heavy atom. The number of nitrogens with two attached hydrogens (primary N) is 1. The second-order valence-electron chi connectivity index (χ2n) is 6.67. The fourth-order valence-electron chi connectivity index (χ4n) is 3.04. The molecule has 10 heteroatoms. The van der Waals surface area contributed by atoms with Gasteiger partial charge in [-0.1, -0.05) is 6.07 Å². The molecule has 0 saturated carbocycles. The normalized spacial score (nSPS) is 17.5. The van der Waals surface area contributed by atoms with E-state index in [9.17, 15) is 18.0 Å². The van der Waals surface area contributed by atoms with Gasteiger partial charge in [-0.2, -0.15) is 0 Å². The van der Waals surface area contributed by atoms with Crippen molar-refractivity contribution in [1.29, 1.82) is 0 Å². The van der Waals surface area contributed by atoms with Crippen molar-refractivity contribution in [3.05, 3.63) is 78.0 Å². The number of benzene rings is 2. The van der Waals surface area contributed by atoms with Crippen molar-refractivity contribution in [3.63, 3.8) is 0 Å². The van der Waals surface area contributed by atoms with Crippen LogP contribution in [0, 0.1) is 0 Å². The molecule has 3 aromatic rings. The SMILES string of the molecule is Nc1ccc2c(c1)C(=O)C(=Nc1ccc(S(=O)(=O)Nc3ccccn3)cc1)C(Cl)C2=O. The molecular weight excluding hydrogens is 440 g/mol. The van der Waals surface area contributed by atoms with Crippen molar-refractivity contribution in [1.82, 2.24) is 4.98 Å². The van der Waals surface area contributed by atoms with Crippen LogP contribution in [0.2, 0.25) is 0 Å². The van der Waals surface area contributed by atoms with Gasteiger partial charge in [-0.3, -0.25) is 14.3 Å². The minimum atomic E-state index is -3.86. The Hall–Kier alpha value is -3.56. The first kappa shape index (κ1) is 20.7. The summed E-state index contributed by atoms with van der Waals surface area (Å²) in [6.07, 6.45) is 1.47. The smallest absolute Gasteiger partial charge is 0.263 e. The van der Waals surface area contributed by atoms with Crippen molar-refractivity contribution in [2.75, 3.05) is 10.5 Å². The van der Waals surface area contributed by atoms with Gasteiger partial charge in [-0.25, -0.2) is 18.4 Å². The molecule has 8 nitrogen and oxygen atoms in total. The number of nitrogens with zero attached hydrogens (tertiary/aromatic N) is 2. The third kappa shape index (κ3) is 4.05. The molecule has 1 unspecified atom stereocenters. The number of aliphatic imine (C=N–C) groups is 1. The van der Waals surface area contributed by atoms with Crippen molar-refractivity contribution >= 4 is 56.1 Å². The Morgan fingerprint density at radius 3 is 2.42 bits per heavy atom. The lowest BCUT2D eigenvalue weighted by Gasteiger charge is -2.20. The van der Waals surface area contributed by atoms with Crippen molar-refractivity contribution in [3.8, 4) is 0 Å². The summed E-state index contributed by atoms with van der Waals surface area (Å²) in [6, 6.07) is 14.7. The topological polar surface area (TPSA) is 132 Å². The number of anilines is 2. The standard InChI is InChI=1S/C21H15ClN4O4S/c22-18-19(21(28)16-11-12(23)4-9-15(16)20(18)27)25-13-5-7-14(8-6-13)31(29,30)26-17-3-1-2-10-24-17/h1-11,18H,23H2,(H,24,26). The summed E-state index contributed by atoms with van der Waals surface area (Å²) >= 11 is 6.19. The number of carbonyl (C=O) groups excluding carboxylic acids is 2. The number of alkyl halides is 1. The number of carbonyl (C=O) groups is 2. The monoisotopic (exact) mass is 454 g/mol. The summed E-state index contributed by atoms with van der Waals surface area (Å²) in [5.41, 5.74) is 6.52. The van der Waals surface area contributed by atoms with Crippen LogP contribution in [-0.4, -0.2) is 36.1 Å². The molecule has 0 radical (unpaired) electrons. The van der Waals surface area contributed by atoms with E-state index in [0.29, 0.717) is 5.69 Å². The predicted octanol–water partition coefficient (Wildman–Crippen LogP) is 3.22. The zero-order valence-electron chi connectivity index (χ0n) is 15.8. The Labute approximate surface area is 182 Å². The number of Topliss-reactive ketones (excluding diaryl/α,β-unsaturated/α-hetero) is 2. The number of pyridine rings is 1. The maximum Gasteiger partial charge on any atom is 0.263 e. The molecule has 2 aromatic carbocycles. The predicted molar refractivity (Wildman–Crippen MR) is 118 cm³/mol. The number of hydrogen-bond donors (Lipinski definition) is 2. The van der Waals surface area contributed by atoms with Crippen LogP contribution in [0.3, 0.4) is 0 Å². The first-order valence-corrected chi connectivity index (χ1v) is 10.9. The molecule has 156 valence electrons. The molecule has 0 spiro atoms. The lowest BCUT2D eigenvalue weighted by molar-refractivity contribution is 0.0968. The fourth-order valence-corrected chi connectivity index (χ4v) is 4.32.